The zero-order valence-corrected chi connectivity index (χ0v) is 11.4. The molecule has 0 bridgehead atoms. The number of fused-ring (bicyclic) bond motifs is 1. The summed E-state index contributed by atoms with van der Waals surface area (Å²) in [7, 11) is 0. The molecule has 3 nitrogen and oxygen atoms in total. The van der Waals surface area contributed by atoms with Gasteiger partial charge in [0, 0.05) is 11.8 Å². The minimum absolute atomic E-state index is 0.301. The number of rotatable bonds is 2. The van der Waals surface area contributed by atoms with Crippen molar-refractivity contribution in [3.8, 4) is 33.2 Å². The fraction of sp³-hybridized carbons (Fsp3) is 0.0625. The van der Waals surface area contributed by atoms with Crippen molar-refractivity contribution in [2.24, 2.45) is 0 Å². The Kier molecular flexibility index (Phi) is 2.67. The Morgan fingerprint density at radius 2 is 1.95 bits per heavy atom. The molecule has 20 heavy (non-hydrogen) atoms. The van der Waals surface area contributed by atoms with Crippen LogP contribution in [0.4, 0.5) is 0 Å². The molecule has 0 atom stereocenters. The van der Waals surface area contributed by atoms with E-state index in [1.165, 1.54) is 10.4 Å². The summed E-state index contributed by atoms with van der Waals surface area (Å²) in [5, 5.41) is 2.09. The first-order valence-corrected chi connectivity index (χ1v) is 7.19. The Hall–Kier alpha value is -2.33. The van der Waals surface area contributed by atoms with Crippen molar-refractivity contribution >= 4 is 11.3 Å². The predicted octanol–water partition coefficient (Wildman–Crippen LogP) is 4.21. The van der Waals surface area contributed by atoms with Crippen LogP contribution in [0.3, 0.4) is 0 Å². The Morgan fingerprint density at radius 1 is 1.00 bits per heavy atom. The van der Waals surface area contributed by atoms with Gasteiger partial charge in [0.25, 0.3) is 0 Å². The van der Waals surface area contributed by atoms with Crippen molar-refractivity contribution < 1.29 is 9.47 Å². The number of hydrogen-bond acceptors (Lipinski definition) is 4. The fourth-order valence-corrected chi connectivity index (χ4v) is 3.19. The Labute approximate surface area is 120 Å². The first-order chi connectivity index (χ1) is 9.92. The van der Waals surface area contributed by atoms with E-state index in [4.69, 9.17) is 9.47 Å². The molecule has 3 aromatic rings. The highest BCUT2D eigenvalue weighted by atomic mass is 32.1. The molecule has 1 aromatic carbocycles. The van der Waals surface area contributed by atoms with Crippen LogP contribution in [-0.2, 0) is 0 Å². The molecule has 0 spiro atoms. The van der Waals surface area contributed by atoms with E-state index in [0.717, 1.165) is 22.8 Å². The van der Waals surface area contributed by atoms with Gasteiger partial charge in [0.2, 0.25) is 6.79 Å². The predicted molar refractivity (Wildman–Crippen MR) is 79.1 cm³/mol. The summed E-state index contributed by atoms with van der Waals surface area (Å²) in [4.78, 5) is 5.61. The smallest absolute Gasteiger partial charge is 0.231 e. The first kappa shape index (κ1) is 11.5. The van der Waals surface area contributed by atoms with Crippen LogP contribution < -0.4 is 9.47 Å². The van der Waals surface area contributed by atoms with Gasteiger partial charge in [-0.1, -0.05) is 12.1 Å². The highest BCUT2D eigenvalue weighted by Crippen LogP contribution is 2.40. The molecule has 0 saturated carbocycles. The average Bonchev–Trinajstić information content (AvgIpc) is 3.16. The number of hydrogen-bond donors (Lipinski definition) is 0. The molecule has 4 heteroatoms. The second-order valence-electron chi connectivity index (χ2n) is 4.45. The van der Waals surface area contributed by atoms with Gasteiger partial charge in [-0.2, -0.15) is 0 Å². The summed E-state index contributed by atoms with van der Waals surface area (Å²) in [6, 6.07) is 14.1. The summed E-state index contributed by atoms with van der Waals surface area (Å²) in [6.45, 7) is 0.301. The fourth-order valence-electron chi connectivity index (χ4n) is 2.30. The molecule has 0 saturated heterocycles. The summed E-state index contributed by atoms with van der Waals surface area (Å²) in [5.41, 5.74) is 3.29. The molecule has 3 heterocycles. The minimum Gasteiger partial charge on any atom is -0.454 e. The number of benzene rings is 1. The van der Waals surface area contributed by atoms with Crippen LogP contribution >= 0.6 is 11.3 Å². The van der Waals surface area contributed by atoms with E-state index in [2.05, 4.69) is 22.5 Å². The van der Waals surface area contributed by atoms with E-state index in [9.17, 15) is 0 Å². The molecule has 4 rings (SSSR count). The van der Waals surface area contributed by atoms with Crippen LogP contribution in [0.5, 0.6) is 11.5 Å². The number of ether oxygens (including phenoxy) is 2. The summed E-state index contributed by atoms with van der Waals surface area (Å²) >= 11 is 1.70. The van der Waals surface area contributed by atoms with Gasteiger partial charge in [-0.25, -0.2) is 0 Å². The van der Waals surface area contributed by atoms with Crippen molar-refractivity contribution in [2.75, 3.05) is 6.79 Å². The Bertz CT molecular complexity index is 752. The van der Waals surface area contributed by atoms with Gasteiger partial charge in [-0.3, -0.25) is 4.98 Å². The lowest BCUT2D eigenvalue weighted by molar-refractivity contribution is 0.174. The third-order valence-electron chi connectivity index (χ3n) is 3.25. The van der Waals surface area contributed by atoms with E-state index < -0.39 is 0 Å². The van der Waals surface area contributed by atoms with Crippen LogP contribution in [0.2, 0.25) is 0 Å². The van der Waals surface area contributed by atoms with Gasteiger partial charge in [0.05, 0.1) is 10.6 Å². The molecule has 0 N–H and O–H groups in total. The maximum Gasteiger partial charge on any atom is 0.231 e. The Morgan fingerprint density at radius 3 is 2.85 bits per heavy atom. The van der Waals surface area contributed by atoms with Crippen LogP contribution in [-0.4, -0.2) is 11.8 Å². The van der Waals surface area contributed by atoms with Crippen molar-refractivity contribution in [3.05, 3.63) is 54.0 Å². The van der Waals surface area contributed by atoms with Gasteiger partial charge >= 0.3 is 0 Å². The summed E-state index contributed by atoms with van der Waals surface area (Å²) in [6.07, 6.45) is 1.82. The summed E-state index contributed by atoms with van der Waals surface area (Å²) < 4.78 is 10.8. The second kappa shape index (κ2) is 4.65. The van der Waals surface area contributed by atoms with Gasteiger partial charge < -0.3 is 9.47 Å². The molecule has 0 unspecified atom stereocenters. The number of nitrogens with zero attached hydrogens (tertiary/aromatic N) is 1. The van der Waals surface area contributed by atoms with Crippen molar-refractivity contribution in [2.45, 2.75) is 0 Å². The summed E-state index contributed by atoms with van der Waals surface area (Å²) in [5.74, 6) is 1.61. The van der Waals surface area contributed by atoms with Crippen LogP contribution in [0, 0.1) is 0 Å². The highest BCUT2D eigenvalue weighted by molar-refractivity contribution is 7.14. The highest BCUT2D eigenvalue weighted by Gasteiger charge is 2.16. The number of thiophene rings is 1. The van der Waals surface area contributed by atoms with Gasteiger partial charge in [-0.05, 0) is 41.3 Å². The molecule has 98 valence electrons. The Balaban J connectivity index is 1.82. The van der Waals surface area contributed by atoms with Gasteiger partial charge in [0.1, 0.15) is 0 Å². The number of pyridine rings is 1. The first-order valence-electron chi connectivity index (χ1n) is 6.31. The molecular formula is C16H11NO2S. The largest absolute Gasteiger partial charge is 0.454 e. The van der Waals surface area contributed by atoms with Crippen LogP contribution in [0.1, 0.15) is 0 Å². The molecule has 2 aromatic heterocycles. The topological polar surface area (TPSA) is 31.4 Å². The lowest BCUT2D eigenvalue weighted by Gasteiger charge is -2.05. The zero-order valence-electron chi connectivity index (χ0n) is 10.6. The maximum absolute atomic E-state index is 5.45. The third-order valence-corrected chi connectivity index (χ3v) is 4.18. The van der Waals surface area contributed by atoms with E-state index in [0.29, 0.717) is 6.79 Å². The lowest BCUT2D eigenvalue weighted by Crippen LogP contribution is -1.92. The molecule has 1 aliphatic rings. The molecule has 0 radical (unpaired) electrons. The van der Waals surface area contributed by atoms with E-state index >= 15 is 0 Å². The van der Waals surface area contributed by atoms with Crippen LogP contribution in [0.25, 0.3) is 21.7 Å². The monoisotopic (exact) mass is 281 g/mol. The maximum atomic E-state index is 5.45. The number of aromatic nitrogens is 1. The molecule has 0 amide bonds. The van der Waals surface area contributed by atoms with Gasteiger partial charge in [0.15, 0.2) is 11.5 Å². The quantitative estimate of drug-likeness (QED) is 0.705. The minimum atomic E-state index is 0.301. The van der Waals surface area contributed by atoms with Crippen molar-refractivity contribution in [1.82, 2.24) is 4.98 Å². The normalized spacial score (nSPS) is 12.6. The van der Waals surface area contributed by atoms with Gasteiger partial charge in [-0.15, -0.1) is 11.3 Å². The van der Waals surface area contributed by atoms with E-state index in [1.807, 2.05) is 36.5 Å². The van der Waals surface area contributed by atoms with E-state index in [-0.39, 0.29) is 0 Å². The SMILES string of the molecule is c1ccc(-c2sccc2-c2ccc3c(c2)OCO3)nc1. The molecule has 0 fully saturated rings. The lowest BCUT2D eigenvalue weighted by atomic mass is 10.0. The molecule has 1 aliphatic heterocycles. The van der Waals surface area contributed by atoms with Crippen molar-refractivity contribution in [3.63, 3.8) is 0 Å². The standard InChI is InChI=1S/C16H11NO2S/c1-2-7-17-13(3-1)16-12(6-8-20-16)11-4-5-14-15(9-11)19-10-18-14/h1-9H,10H2. The average molecular weight is 281 g/mol. The molecule has 0 aliphatic carbocycles. The third kappa shape index (κ3) is 1.85. The molecular weight excluding hydrogens is 270 g/mol. The second-order valence-corrected chi connectivity index (χ2v) is 5.36. The van der Waals surface area contributed by atoms with Crippen LogP contribution in [0.15, 0.2) is 54.0 Å². The zero-order chi connectivity index (χ0) is 13.4. The van der Waals surface area contributed by atoms with E-state index in [1.54, 1.807) is 11.3 Å². The van der Waals surface area contributed by atoms with Crippen molar-refractivity contribution in [1.29, 1.82) is 0 Å².